The Morgan fingerprint density at radius 2 is 1.53 bits per heavy atom. The topological polar surface area (TPSA) is 128 Å². The van der Waals surface area contributed by atoms with Crippen LogP contribution in [0.2, 0.25) is 0 Å². The second-order valence-electron chi connectivity index (χ2n) is 6.90. The van der Waals surface area contributed by atoms with Gasteiger partial charge in [-0.1, -0.05) is 42.5 Å². The summed E-state index contributed by atoms with van der Waals surface area (Å²) in [5, 5.41) is 10.9. The average molecular weight is 454 g/mol. The van der Waals surface area contributed by atoms with E-state index in [4.69, 9.17) is 9.88 Å². The second kappa shape index (κ2) is 10.6. The molecule has 0 saturated heterocycles. The van der Waals surface area contributed by atoms with Crippen LogP contribution in [-0.2, 0) is 26.0 Å². The SMILES string of the molecule is NS(=O)(=O)c1ccc(CCNC(=O)COC(=O)c2ccccc2Nc2ccccc2)cc1. The van der Waals surface area contributed by atoms with Crippen LogP contribution in [0.4, 0.5) is 11.4 Å². The van der Waals surface area contributed by atoms with Crippen LogP contribution in [-0.4, -0.2) is 33.4 Å². The summed E-state index contributed by atoms with van der Waals surface area (Å²) in [5.74, 6) is -1.05. The Kier molecular flexibility index (Phi) is 7.58. The largest absolute Gasteiger partial charge is 0.452 e. The Bertz CT molecular complexity index is 1180. The number of esters is 1. The summed E-state index contributed by atoms with van der Waals surface area (Å²) in [7, 11) is -3.74. The predicted molar refractivity (Wildman–Crippen MR) is 121 cm³/mol. The lowest BCUT2D eigenvalue weighted by atomic mass is 10.1. The van der Waals surface area contributed by atoms with Crippen LogP contribution in [0.5, 0.6) is 0 Å². The number of primary sulfonamides is 1. The van der Waals surface area contributed by atoms with Crippen LogP contribution in [0.1, 0.15) is 15.9 Å². The van der Waals surface area contributed by atoms with Gasteiger partial charge in [-0.3, -0.25) is 4.79 Å². The Balaban J connectivity index is 1.47. The molecule has 0 aliphatic carbocycles. The molecule has 0 heterocycles. The van der Waals surface area contributed by atoms with Crippen LogP contribution in [0, 0.1) is 0 Å². The molecule has 3 rings (SSSR count). The van der Waals surface area contributed by atoms with Gasteiger partial charge in [-0.2, -0.15) is 0 Å². The number of amides is 1. The van der Waals surface area contributed by atoms with Crippen LogP contribution in [0.25, 0.3) is 0 Å². The third-order valence-corrected chi connectivity index (χ3v) is 5.45. The van der Waals surface area contributed by atoms with Crippen molar-refractivity contribution in [2.24, 2.45) is 5.14 Å². The molecule has 9 heteroatoms. The van der Waals surface area contributed by atoms with Gasteiger partial charge in [-0.25, -0.2) is 18.4 Å². The first kappa shape index (κ1) is 23.0. The van der Waals surface area contributed by atoms with Gasteiger partial charge in [-0.05, 0) is 48.4 Å². The van der Waals surface area contributed by atoms with Gasteiger partial charge in [-0.15, -0.1) is 0 Å². The standard InChI is InChI=1S/C23H23N3O5S/c24-32(29,30)19-12-10-17(11-13-19)14-15-25-22(27)16-31-23(28)20-8-4-5-9-21(20)26-18-6-2-1-3-7-18/h1-13,26H,14-16H2,(H,25,27)(H2,24,29,30). The van der Waals surface area contributed by atoms with Gasteiger partial charge in [0.1, 0.15) is 0 Å². The number of nitrogens with two attached hydrogens (primary N) is 1. The van der Waals surface area contributed by atoms with Crippen molar-refractivity contribution >= 4 is 33.3 Å². The summed E-state index contributed by atoms with van der Waals surface area (Å²) >= 11 is 0. The van der Waals surface area contributed by atoms with Gasteiger partial charge >= 0.3 is 5.97 Å². The quantitative estimate of drug-likeness (QED) is 0.427. The fraction of sp³-hybridized carbons (Fsp3) is 0.130. The zero-order valence-electron chi connectivity index (χ0n) is 17.2. The molecule has 32 heavy (non-hydrogen) atoms. The van der Waals surface area contributed by atoms with Crippen molar-refractivity contribution in [3.05, 3.63) is 90.0 Å². The third kappa shape index (κ3) is 6.66. The predicted octanol–water partition coefficient (Wildman–Crippen LogP) is 2.59. The van der Waals surface area contributed by atoms with E-state index in [2.05, 4.69) is 10.6 Å². The smallest absolute Gasteiger partial charge is 0.340 e. The van der Waals surface area contributed by atoms with Crippen molar-refractivity contribution in [2.75, 3.05) is 18.5 Å². The first-order chi connectivity index (χ1) is 15.3. The third-order valence-electron chi connectivity index (χ3n) is 4.52. The molecule has 4 N–H and O–H groups in total. The molecule has 166 valence electrons. The highest BCUT2D eigenvalue weighted by Crippen LogP contribution is 2.21. The maximum atomic E-state index is 12.5. The van der Waals surface area contributed by atoms with Gasteiger partial charge in [0.15, 0.2) is 6.61 Å². The van der Waals surface area contributed by atoms with E-state index in [-0.39, 0.29) is 4.90 Å². The van der Waals surface area contributed by atoms with E-state index in [1.54, 1.807) is 36.4 Å². The molecule has 0 radical (unpaired) electrons. The number of para-hydroxylation sites is 2. The Labute approximate surface area is 186 Å². The number of hydrogen-bond donors (Lipinski definition) is 3. The molecule has 0 atom stereocenters. The Morgan fingerprint density at radius 3 is 2.22 bits per heavy atom. The van der Waals surface area contributed by atoms with Gasteiger partial charge < -0.3 is 15.4 Å². The number of ether oxygens (including phenoxy) is 1. The lowest BCUT2D eigenvalue weighted by Gasteiger charge is -2.12. The molecule has 0 bridgehead atoms. The molecule has 0 spiro atoms. The molecule has 3 aromatic rings. The Morgan fingerprint density at radius 1 is 0.875 bits per heavy atom. The minimum atomic E-state index is -3.74. The number of sulfonamides is 1. The van der Waals surface area contributed by atoms with Gasteiger partial charge in [0.25, 0.3) is 5.91 Å². The minimum Gasteiger partial charge on any atom is -0.452 e. The number of benzene rings is 3. The first-order valence-electron chi connectivity index (χ1n) is 9.79. The van der Waals surface area contributed by atoms with E-state index in [1.165, 1.54) is 12.1 Å². The molecule has 1 amide bonds. The summed E-state index contributed by atoms with van der Waals surface area (Å²) < 4.78 is 27.7. The minimum absolute atomic E-state index is 0.0271. The van der Waals surface area contributed by atoms with Crippen LogP contribution in [0.3, 0.4) is 0 Å². The summed E-state index contributed by atoms with van der Waals surface area (Å²) in [4.78, 5) is 24.5. The molecule has 0 saturated carbocycles. The van der Waals surface area contributed by atoms with E-state index in [0.29, 0.717) is 24.2 Å². The summed E-state index contributed by atoms with van der Waals surface area (Å²) in [6.45, 7) is -0.111. The highest BCUT2D eigenvalue weighted by atomic mass is 32.2. The highest BCUT2D eigenvalue weighted by Gasteiger charge is 2.14. The van der Waals surface area contributed by atoms with Crippen molar-refractivity contribution in [3.8, 4) is 0 Å². The zero-order valence-corrected chi connectivity index (χ0v) is 18.0. The molecule has 0 aromatic heterocycles. The van der Waals surface area contributed by atoms with Crippen molar-refractivity contribution in [3.63, 3.8) is 0 Å². The van der Waals surface area contributed by atoms with E-state index < -0.39 is 28.5 Å². The van der Waals surface area contributed by atoms with Gasteiger partial charge in [0.2, 0.25) is 10.0 Å². The van der Waals surface area contributed by atoms with E-state index in [9.17, 15) is 18.0 Å². The van der Waals surface area contributed by atoms with E-state index in [1.807, 2.05) is 30.3 Å². The molecule has 0 fully saturated rings. The van der Waals surface area contributed by atoms with Gasteiger partial charge in [0.05, 0.1) is 16.1 Å². The summed E-state index contributed by atoms with van der Waals surface area (Å²) in [6, 6.07) is 22.4. The summed E-state index contributed by atoms with van der Waals surface area (Å²) in [6.07, 6.45) is 0.481. The molecule has 0 unspecified atom stereocenters. The molecule has 0 aliphatic rings. The maximum absolute atomic E-state index is 12.5. The average Bonchev–Trinajstić information content (AvgIpc) is 2.78. The maximum Gasteiger partial charge on any atom is 0.340 e. The number of carbonyl (C=O) groups excluding carboxylic acids is 2. The van der Waals surface area contributed by atoms with Crippen molar-refractivity contribution < 1.29 is 22.7 Å². The Hall–Kier alpha value is -3.69. The van der Waals surface area contributed by atoms with Crippen LogP contribution in [0.15, 0.2) is 83.8 Å². The van der Waals surface area contributed by atoms with Crippen LogP contribution >= 0.6 is 0 Å². The zero-order chi connectivity index (χ0) is 23.0. The number of carbonyl (C=O) groups is 2. The highest BCUT2D eigenvalue weighted by molar-refractivity contribution is 7.89. The monoisotopic (exact) mass is 453 g/mol. The van der Waals surface area contributed by atoms with Crippen molar-refractivity contribution in [1.29, 1.82) is 0 Å². The van der Waals surface area contributed by atoms with E-state index in [0.717, 1.165) is 11.3 Å². The molecular weight excluding hydrogens is 430 g/mol. The first-order valence-corrected chi connectivity index (χ1v) is 11.3. The second-order valence-corrected chi connectivity index (χ2v) is 8.46. The van der Waals surface area contributed by atoms with Gasteiger partial charge in [0, 0.05) is 12.2 Å². The number of nitrogens with one attached hydrogen (secondary N) is 2. The summed E-state index contributed by atoms with van der Waals surface area (Å²) in [5.41, 5.74) is 2.55. The van der Waals surface area contributed by atoms with Crippen molar-refractivity contribution in [1.82, 2.24) is 5.32 Å². The van der Waals surface area contributed by atoms with E-state index >= 15 is 0 Å². The number of rotatable bonds is 9. The lowest BCUT2D eigenvalue weighted by molar-refractivity contribution is -0.124. The number of hydrogen-bond acceptors (Lipinski definition) is 6. The molecule has 3 aromatic carbocycles. The normalized spacial score (nSPS) is 10.9. The van der Waals surface area contributed by atoms with Crippen LogP contribution < -0.4 is 15.8 Å². The number of anilines is 2. The fourth-order valence-electron chi connectivity index (χ4n) is 2.90. The lowest BCUT2D eigenvalue weighted by Crippen LogP contribution is -2.30. The fourth-order valence-corrected chi connectivity index (χ4v) is 3.41. The molecule has 0 aliphatic heterocycles. The van der Waals surface area contributed by atoms with Crippen molar-refractivity contribution in [2.45, 2.75) is 11.3 Å². The molecular formula is C23H23N3O5S. The molecule has 8 nitrogen and oxygen atoms in total.